The number of benzene rings is 3. The second kappa shape index (κ2) is 9.11. The Balaban J connectivity index is 1.17. The largest absolute Gasteiger partial charge is 0.454 e. The highest BCUT2D eigenvalue weighted by Crippen LogP contribution is 2.60. The van der Waals surface area contributed by atoms with Gasteiger partial charge in [-0.1, -0.05) is 60.1 Å². The van der Waals surface area contributed by atoms with Crippen LogP contribution in [0.15, 0.2) is 71.2 Å². The predicted octanol–water partition coefficient (Wildman–Crippen LogP) is 4.48. The standard InChI is InChI=1S/C28H20BrClN2O5/c29-19-10-9-14(11-20(19)30)31-21(33)13-37-22(34)12-32-27(35)25-23-15-5-1-2-6-16(15)24(26(25)28(32)36)18-8-4-3-7-17(18)23/h1-11,23-26H,12-13H2,(H,31,33)/t23?,24?,25-,26-/m0/s1. The van der Waals surface area contributed by atoms with Gasteiger partial charge in [0.25, 0.3) is 5.91 Å². The summed E-state index contributed by atoms with van der Waals surface area (Å²) in [7, 11) is 0. The molecule has 0 spiro atoms. The van der Waals surface area contributed by atoms with Crippen molar-refractivity contribution >= 4 is 56.9 Å². The summed E-state index contributed by atoms with van der Waals surface area (Å²) < 4.78 is 5.77. The molecule has 1 fully saturated rings. The van der Waals surface area contributed by atoms with E-state index in [1.807, 2.05) is 48.5 Å². The maximum absolute atomic E-state index is 13.5. The van der Waals surface area contributed by atoms with Gasteiger partial charge in [0.2, 0.25) is 11.8 Å². The normalized spacial score (nSPS) is 22.8. The first-order valence-electron chi connectivity index (χ1n) is 11.8. The molecule has 0 saturated carbocycles. The molecule has 1 saturated heterocycles. The van der Waals surface area contributed by atoms with Gasteiger partial charge in [-0.3, -0.25) is 24.1 Å². The minimum Gasteiger partial charge on any atom is -0.454 e. The first-order valence-corrected chi connectivity index (χ1v) is 13.0. The van der Waals surface area contributed by atoms with Crippen LogP contribution in [-0.4, -0.2) is 41.7 Å². The van der Waals surface area contributed by atoms with Crippen molar-refractivity contribution in [3.05, 3.63) is 98.5 Å². The number of halogens is 2. The third-order valence-corrected chi connectivity index (χ3v) is 8.63. The number of nitrogens with one attached hydrogen (secondary N) is 1. The fourth-order valence-electron chi connectivity index (χ4n) is 5.99. The highest BCUT2D eigenvalue weighted by atomic mass is 79.9. The molecule has 7 rings (SSSR count). The Kier molecular flexibility index (Phi) is 5.88. The van der Waals surface area contributed by atoms with Crippen molar-refractivity contribution in [2.24, 2.45) is 11.8 Å². The molecule has 37 heavy (non-hydrogen) atoms. The van der Waals surface area contributed by atoms with Crippen molar-refractivity contribution in [2.45, 2.75) is 11.8 Å². The number of nitrogens with zero attached hydrogens (tertiary/aromatic N) is 1. The minimum atomic E-state index is -0.827. The Morgan fingerprint density at radius 3 is 1.86 bits per heavy atom. The molecule has 3 aromatic rings. The molecule has 3 aromatic carbocycles. The number of amides is 3. The van der Waals surface area contributed by atoms with E-state index in [0.717, 1.165) is 27.2 Å². The Morgan fingerprint density at radius 2 is 1.38 bits per heavy atom. The molecule has 2 atom stereocenters. The van der Waals surface area contributed by atoms with E-state index in [-0.39, 0.29) is 23.7 Å². The molecule has 0 radical (unpaired) electrons. The zero-order valence-corrected chi connectivity index (χ0v) is 21.7. The zero-order valence-electron chi connectivity index (χ0n) is 19.3. The number of likely N-dealkylation sites (tertiary alicyclic amines) is 1. The Labute approximate surface area is 225 Å². The smallest absolute Gasteiger partial charge is 0.326 e. The van der Waals surface area contributed by atoms with Crippen molar-refractivity contribution in [3.63, 3.8) is 0 Å². The van der Waals surface area contributed by atoms with Crippen LogP contribution >= 0.6 is 27.5 Å². The van der Waals surface area contributed by atoms with Crippen LogP contribution in [0.5, 0.6) is 0 Å². The average molecular weight is 580 g/mol. The number of esters is 1. The molecule has 4 aliphatic rings. The van der Waals surface area contributed by atoms with Crippen LogP contribution in [0.4, 0.5) is 5.69 Å². The topological polar surface area (TPSA) is 92.8 Å². The second-order valence-corrected chi connectivity index (χ2v) is 10.6. The number of carbonyl (C=O) groups excluding carboxylic acids is 4. The van der Waals surface area contributed by atoms with Crippen LogP contribution in [0.25, 0.3) is 0 Å². The van der Waals surface area contributed by atoms with Gasteiger partial charge >= 0.3 is 5.97 Å². The Bertz CT molecular complexity index is 1380. The quantitative estimate of drug-likeness (QED) is 0.356. The summed E-state index contributed by atoms with van der Waals surface area (Å²) in [6, 6.07) is 20.7. The number of carbonyl (C=O) groups is 4. The summed E-state index contributed by atoms with van der Waals surface area (Å²) >= 11 is 9.30. The number of imide groups is 1. The van der Waals surface area contributed by atoms with E-state index in [4.69, 9.17) is 16.3 Å². The van der Waals surface area contributed by atoms with Crippen LogP contribution in [0.1, 0.15) is 34.1 Å². The predicted molar refractivity (Wildman–Crippen MR) is 139 cm³/mol. The molecule has 186 valence electrons. The van der Waals surface area contributed by atoms with E-state index < -0.39 is 36.9 Å². The van der Waals surface area contributed by atoms with Gasteiger partial charge in [0.15, 0.2) is 6.61 Å². The van der Waals surface area contributed by atoms with E-state index in [1.54, 1.807) is 18.2 Å². The third-order valence-electron chi connectivity index (χ3n) is 7.39. The molecule has 3 aliphatic carbocycles. The third kappa shape index (κ3) is 3.86. The molecule has 9 heteroatoms. The lowest BCUT2D eigenvalue weighted by molar-refractivity contribution is -0.154. The second-order valence-electron chi connectivity index (χ2n) is 9.37. The van der Waals surface area contributed by atoms with E-state index in [1.165, 1.54) is 0 Å². The highest BCUT2D eigenvalue weighted by Gasteiger charge is 2.61. The number of ether oxygens (including phenoxy) is 1. The van der Waals surface area contributed by atoms with E-state index in [2.05, 4.69) is 21.2 Å². The molecule has 3 amide bonds. The van der Waals surface area contributed by atoms with E-state index >= 15 is 0 Å². The molecule has 0 aromatic heterocycles. The number of rotatable bonds is 5. The summed E-state index contributed by atoms with van der Waals surface area (Å²) in [4.78, 5) is 52.9. The maximum atomic E-state index is 13.5. The Morgan fingerprint density at radius 1 is 0.865 bits per heavy atom. The first-order chi connectivity index (χ1) is 17.8. The van der Waals surface area contributed by atoms with Gasteiger partial charge in [-0.05, 0) is 56.4 Å². The lowest BCUT2D eigenvalue weighted by Crippen LogP contribution is -2.41. The lowest BCUT2D eigenvalue weighted by atomic mass is 9.55. The number of anilines is 1. The van der Waals surface area contributed by atoms with Gasteiger partial charge in [-0.25, -0.2) is 0 Å². The molecular formula is C28H20BrClN2O5. The molecule has 1 heterocycles. The lowest BCUT2D eigenvalue weighted by Gasteiger charge is -2.45. The molecular weight excluding hydrogens is 560 g/mol. The number of hydrogen-bond donors (Lipinski definition) is 1. The van der Waals surface area contributed by atoms with Gasteiger partial charge in [0.1, 0.15) is 6.54 Å². The average Bonchev–Trinajstić information content (AvgIpc) is 3.15. The van der Waals surface area contributed by atoms with Gasteiger partial charge < -0.3 is 10.1 Å². The summed E-state index contributed by atoms with van der Waals surface area (Å²) in [6.07, 6.45) is 0. The minimum absolute atomic E-state index is 0.247. The van der Waals surface area contributed by atoms with Gasteiger partial charge in [-0.15, -0.1) is 0 Å². The van der Waals surface area contributed by atoms with Crippen LogP contribution in [0.3, 0.4) is 0 Å². The summed E-state index contributed by atoms with van der Waals surface area (Å²) in [5.41, 5.74) is 4.67. The van der Waals surface area contributed by atoms with Crippen molar-refractivity contribution in [1.82, 2.24) is 4.90 Å². The molecule has 1 aliphatic heterocycles. The fraction of sp³-hybridized carbons (Fsp3) is 0.214. The van der Waals surface area contributed by atoms with E-state index in [0.29, 0.717) is 15.2 Å². The molecule has 1 N–H and O–H groups in total. The maximum Gasteiger partial charge on any atom is 0.326 e. The van der Waals surface area contributed by atoms with Crippen LogP contribution < -0.4 is 5.32 Å². The highest BCUT2D eigenvalue weighted by molar-refractivity contribution is 9.10. The fourth-order valence-corrected chi connectivity index (χ4v) is 6.41. The number of hydrogen-bond acceptors (Lipinski definition) is 5. The van der Waals surface area contributed by atoms with Crippen molar-refractivity contribution < 1.29 is 23.9 Å². The van der Waals surface area contributed by atoms with Gasteiger partial charge in [-0.2, -0.15) is 0 Å². The van der Waals surface area contributed by atoms with Crippen LogP contribution in [-0.2, 0) is 23.9 Å². The van der Waals surface area contributed by atoms with E-state index in [9.17, 15) is 19.2 Å². The van der Waals surface area contributed by atoms with Crippen molar-refractivity contribution in [2.75, 3.05) is 18.5 Å². The first kappa shape index (κ1) is 23.9. The van der Waals surface area contributed by atoms with Gasteiger partial charge in [0.05, 0.1) is 16.9 Å². The van der Waals surface area contributed by atoms with Crippen molar-refractivity contribution in [1.29, 1.82) is 0 Å². The molecule has 2 bridgehead atoms. The SMILES string of the molecule is O=C(COC(=O)CN1C(=O)[C@H]2C3c4ccccc4C(c4ccccc43)[C@@H]2C1=O)Nc1ccc(Br)c(Cl)c1. The summed E-state index contributed by atoms with van der Waals surface area (Å²) in [5.74, 6) is -3.78. The zero-order chi connectivity index (χ0) is 25.8. The van der Waals surface area contributed by atoms with Crippen molar-refractivity contribution in [3.8, 4) is 0 Å². The van der Waals surface area contributed by atoms with Crippen LogP contribution in [0.2, 0.25) is 5.02 Å². The Hall–Kier alpha value is -3.49. The van der Waals surface area contributed by atoms with Gasteiger partial charge in [0, 0.05) is 22.0 Å². The summed E-state index contributed by atoms with van der Waals surface area (Å²) in [6.45, 7) is -1.09. The molecule has 7 nitrogen and oxygen atoms in total. The summed E-state index contributed by atoms with van der Waals surface area (Å²) in [5, 5.41) is 3.01. The molecule has 0 unspecified atom stereocenters. The van der Waals surface area contributed by atoms with Crippen LogP contribution in [0, 0.1) is 11.8 Å². The monoisotopic (exact) mass is 578 g/mol.